The summed E-state index contributed by atoms with van der Waals surface area (Å²) in [6, 6.07) is 16.7. The van der Waals surface area contributed by atoms with Crippen LogP contribution in [-0.4, -0.2) is 47.3 Å². The van der Waals surface area contributed by atoms with E-state index in [1.165, 1.54) is 0 Å². The summed E-state index contributed by atoms with van der Waals surface area (Å²) >= 11 is 0. The molecule has 0 unspecified atom stereocenters. The van der Waals surface area contributed by atoms with Gasteiger partial charge >= 0.3 is 0 Å². The molecule has 2 aromatic rings. The van der Waals surface area contributed by atoms with Crippen LogP contribution in [0.25, 0.3) is 0 Å². The summed E-state index contributed by atoms with van der Waals surface area (Å²) < 4.78 is 11.9. The highest BCUT2D eigenvalue weighted by Gasteiger charge is 2.36. The molecule has 0 bridgehead atoms. The molecule has 0 radical (unpaired) electrons. The predicted octanol–water partition coefficient (Wildman–Crippen LogP) is 2.88. The van der Waals surface area contributed by atoms with Crippen molar-refractivity contribution in [3.8, 4) is 5.75 Å². The fraction of sp³-hybridized carbons (Fsp3) is 0.381. The number of carbonyl (C=O) groups excluding carboxylic acids is 1. The van der Waals surface area contributed by atoms with E-state index in [0.29, 0.717) is 25.3 Å². The minimum atomic E-state index is -0.451. The molecule has 1 N–H and O–H groups in total. The summed E-state index contributed by atoms with van der Waals surface area (Å²) in [5, 5.41) is 9.30. The Labute approximate surface area is 154 Å². The Morgan fingerprint density at radius 2 is 2.00 bits per heavy atom. The van der Waals surface area contributed by atoms with Gasteiger partial charge in [-0.2, -0.15) is 0 Å². The zero-order valence-corrected chi connectivity index (χ0v) is 15.2. The molecule has 1 aliphatic rings. The Bertz CT molecular complexity index is 745. The molecule has 0 spiro atoms. The molecule has 0 aromatic heterocycles. The third-order valence-electron chi connectivity index (χ3n) is 4.30. The second kappa shape index (κ2) is 7.89. The number of aliphatic hydroxyl groups is 1. The molecule has 1 atom stereocenters. The number of ether oxygens (including phenoxy) is 2. The zero-order valence-electron chi connectivity index (χ0n) is 15.2. The normalized spacial score (nSPS) is 19.2. The van der Waals surface area contributed by atoms with Crippen LogP contribution in [0.5, 0.6) is 5.75 Å². The summed E-state index contributed by atoms with van der Waals surface area (Å²) in [5.74, 6) is 0.731. The number of rotatable bonds is 5. The predicted molar refractivity (Wildman–Crippen MR) is 99.2 cm³/mol. The Morgan fingerprint density at radius 1 is 1.23 bits per heavy atom. The van der Waals surface area contributed by atoms with Gasteiger partial charge in [-0.15, -0.1) is 0 Å². The van der Waals surface area contributed by atoms with Crippen LogP contribution >= 0.6 is 0 Å². The van der Waals surface area contributed by atoms with Crippen LogP contribution in [-0.2, 0) is 11.3 Å². The van der Waals surface area contributed by atoms with Crippen molar-refractivity contribution < 1.29 is 19.4 Å². The zero-order chi connectivity index (χ0) is 18.6. The maximum absolute atomic E-state index is 12.9. The fourth-order valence-corrected chi connectivity index (χ4v) is 3.23. The van der Waals surface area contributed by atoms with Crippen molar-refractivity contribution in [1.29, 1.82) is 0 Å². The summed E-state index contributed by atoms with van der Waals surface area (Å²) in [4.78, 5) is 14.7. The van der Waals surface area contributed by atoms with Crippen molar-refractivity contribution >= 4 is 5.91 Å². The molecule has 2 aromatic carbocycles. The molecular weight excluding hydrogens is 330 g/mol. The molecule has 5 heteroatoms. The van der Waals surface area contributed by atoms with Gasteiger partial charge in [-0.25, -0.2) is 0 Å². The number of hydrogen-bond acceptors (Lipinski definition) is 4. The minimum Gasteiger partial charge on any atom is -0.491 e. The lowest BCUT2D eigenvalue weighted by molar-refractivity contribution is -0.136. The Hall–Kier alpha value is -2.37. The number of carbonyl (C=O) groups is 1. The van der Waals surface area contributed by atoms with E-state index in [9.17, 15) is 9.90 Å². The van der Waals surface area contributed by atoms with Gasteiger partial charge in [0.2, 0.25) is 0 Å². The van der Waals surface area contributed by atoms with Gasteiger partial charge in [0.05, 0.1) is 18.8 Å². The molecule has 1 fully saturated rings. The number of nitrogens with zero attached hydrogens (tertiary/aromatic N) is 1. The molecule has 138 valence electrons. The average molecular weight is 355 g/mol. The van der Waals surface area contributed by atoms with E-state index in [-0.39, 0.29) is 18.6 Å². The molecule has 1 amide bonds. The van der Waals surface area contributed by atoms with E-state index >= 15 is 0 Å². The van der Waals surface area contributed by atoms with Gasteiger partial charge in [-0.1, -0.05) is 30.3 Å². The Morgan fingerprint density at radius 3 is 2.73 bits per heavy atom. The second-order valence-electron chi connectivity index (χ2n) is 7.17. The van der Waals surface area contributed by atoms with Gasteiger partial charge in [-0.05, 0) is 43.7 Å². The molecule has 26 heavy (non-hydrogen) atoms. The van der Waals surface area contributed by atoms with E-state index < -0.39 is 5.60 Å². The standard InChI is InChI=1S/C21H25NO4/c1-21(2)15-22(20(24)17-8-6-7-16(11-17)13-23)12-19(26-21)14-25-18-9-4-3-5-10-18/h3-11,19,23H,12-15H2,1-2H3/t19-/m1/s1. The largest absolute Gasteiger partial charge is 0.491 e. The van der Waals surface area contributed by atoms with Crippen molar-refractivity contribution in [2.24, 2.45) is 0 Å². The quantitative estimate of drug-likeness (QED) is 0.896. The highest BCUT2D eigenvalue weighted by atomic mass is 16.5. The lowest BCUT2D eigenvalue weighted by atomic mass is 10.0. The molecule has 5 nitrogen and oxygen atoms in total. The monoisotopic (exact) mass is 355 g/mol. The lowest BCUT2D eigenvalue weighted by Gasteiger charge is -2.42. The van der Waals surface area contributed by atoms with E-state index in [2.05, 4.69) is 0 Å². The number of para-hydroxylation sites is 1. The van der Waals surface area contributed by atoms with E-state index in [1.54, 1.807) is 29.2 Å². The molecule has 0 aliphatic carbocycles. The molecule has 1 saturated heterocycles. The first kappa shape index (κ1) is 18.4. The fourth-order valence-electron chi connectivity index (χ4n) is 3.23. The maximum Gasteiger partial charge on any atom is 0.254 e. The van der Waals surface area contributed by atoms with Gasteiger partial charge in [0.1, 0.15) is 18.5 Å². The van der Waals surface area contributed by atoms with Crippen molar-refractivity contribution in [3.05, 3.63) is 65.7 Å². The number of morpholine rings is 1. The molecule has 3 rings (SSSR count). The number of amides is 1. The van der Waals surface area contributed by atoms with E-state index in [1.807, 2.05) is 44.2 Å². The summed E-state index contributed by atoms with van der Waals surface area (Å²) in [5.41, 5.74) is 0.858. The van der Waals surface area contributed by atoms with Crippen molar-refractivity contribution in [2.75, 3.05) is 19.7 Å². The van der Waals surface area contributed by atoms with Crippen LogP contribution in [0.3, 0.4) is 0 Å². The topological polar surface area (TPSA) is 59.0 Å². The van der Waals surface area contributed by atoms with Crippen LogP contribution in [0.2, 0.25) is 0 Å². The lowest BCUT2D eigenvalue weighted by Crippen LogP contribution is -2.56. The smallest absolute Gasteiger partial charge is 0.254 e. The average Bonchev–Trinajstić information content (AvgIpc) is 2.65. The van der Waals surface area contributed by atoms with E-state index in [4.69, 9.17) is 9.47 Å². The highest BCUT2D eigenvalue weighted by Crippen LogP contribution is 2.23. The van der Waals surface area contributed by atoms with Crippen LogP contribution in [0.1, 0.15) is 29.8 Å². The van der Waals surface area contributed by atoms with Gasteiger partial charge in [-0.3, -0.25) is 4.79 Å². The highest BCUT2D eigenvalue weighted by molar-refractivity contribution is 5.94. The number of benzene rings is 2. The second-order valence-corrected chi connectivity index (χ2v) is 7.17. The van der Waals surface area contributed by atoms with Crippen LogP contribution < -0.4 is 4.74 Å². The van der Waals surface area contributed by atoms with Crippen LogP contribution in [0.15, 0.2) is 54.6 Å². The van der Waals surface area contributed by atoms with Crippen LogP contribution in [0, 0.1) is 0 Å². The van der Waals surface area contributed by atoms with E-state index in [0.717, 1.165) is 11.3 Å². The third kappa shape index (κ3) is 4.62. The molecule has 1 heterocycles. The summed E-state index contributed by atoms with van der Waals surface area (Å²) in [6.45, 7) is 5.24. The first-order valence-corrected chi connectivity index (χ1v) is 8.81. The third-order valence-corrected chi connectivity index (χ3v) is 4.30. The van der Waals surface area contributed by atoms with Crippen molar-refractivity contribution in [2.45, 2.75) is 32.2 Å². The van der Waals surface area contributed by atoms with Gasteiger partial charge in [0.15, 0.2) is 0 Å². The number of hydrogen-bond donors (Lipinski definition) is 1. The van der Waals surface area contributed by atoms with Crippen molar-refractivity contribution in [3.63, 3.8) is 0 Å². The first-order valence-electron chi connectivity index (χ1n) is 8.81. The Balaban J connectivity index is 1.69. The Kier molecular flexibility index (Phi) is 5.59. The summed E-state index contributed by atoms with van der Waals surface area (Å²) in [6.07, 6.45) is -0.205. The van der Waals surface area contributed by atoms with Gasteiger partial charge < -0.3 is 19.5 Å². The molecule has 1 aliphatic heterocycles. The number of aliphatic hydroxyl groups excluding tert-OH is 1. The van der Waals surface area contributed by atoms with Crippen LogP contribution in [0.4, 0.5) is 0 Å². The summed E-state index contributed by atoms with van der Waals surface area (Å²) in [7, 11) is 0. The maximum atomic E-state index is 12.9. The molecule has 0 saturated carbocycles. The van der Waals surface area contributed by atoms with Gasteiger partial charge in [0.25, 0.3) is 5.91 Å². The molecular formula is C21H25NO4. The minimum absolute atomic E-state index is 0.0543. The van der Waals surface area contributed by atoms with Gasteiger partial charge in [0, 0.05) is 12.1 Å². The SMILES string of the molecule is CC1(C)CN(C(=O)c2cccc(CO)c2)C[C@H](COc2ccccc2)O1. The van der Waals surface area contributed by atoms with Crippen molar-refractivity contribution in [1.82, 2.24) is 4.90 Å². The first-order chi connectivity index (χ1) is 12.5.